The first-order chi connectivity index (χ1) is 11.5. The van der Waals surface area contributed by atoms with Gasteiger partial charge < -0.3 is 15.2 Å². The summed E-state index contributed by atoms with van der Waals surface area (Å²) in [6.45, 7) is 7.13. The van der Waals surface area contributed by atoms with Crippen molar-refractivity contribution in [2.45, 2.75) is 26.8 Å². The van der Waals surface area contributed by atoms with E-state index in [0.29, 0.717) is 28.8 Å². The Hall–Kier alpha value is -1.99. The highest BCUT2D eigenvalue weighted by molar-refractivity contribution is 5.85. The second kappa shape index (κ2) is 7.93. The summed E-state index contributed by atoms with van der Waals surface area (Å²) in [5.74, 6) is 0.561. The van der Waals surface area contributed by atoms with Crippen molar-refractivity contribution < 1.29 is 13.7 Å². The summed E-state index contributed by atoms with van der Waals surface area (Å²) < 4.78 is 18.9. The average Bonchev–Trinajstić information content (AvgIpc) is 2.98. The van der Waals surface area contributed by atoms with Crippen molar-refractivity contribution in [1.29, 1.82) is 0 Å². The van der Waals surface area contributed by atoms with Gasteiger partial charge in [-0.15, -0.1) is 12.4 Å². The summed E-state index contributed by atoms with van der Waals surface area (Å²) in [7, 11) is 0. The number of amides is 1. The summed E-state index contributed by atoms with van der Waals surface area (Å²) in [5.41, 5.74) is 1.10. The van der Waals surface area contributed by atoms with Crippen molar-refractivity contribution in [1.82, 2.24) is 20.8 Å². The number of nitrogens with one attached hydrogen (secondary N) is 2. The molecule has 0 bridgehead atoms. The number of aryl methyl sites for hydroxylation is 1. The molecular weight excluding hydrogens is 347 g/mol. The average molecular weight is 369 g/mol. The van der Waals surface area contributed by atoms with Crippen LogP contribution in [0.2, 0.25) is 0 Å². The lowest BCUT2D eigenvalue weighted by Gasteiger charge is -2.32. The number of hydrogen-bond donors (Lipinski definition) is 2. The predicted molar refractivity (Wildman–Crippen MR) is 93.8 cm³/mol. The van der Waals surface area contributed by atoms with E-state index in [9.17, 15) is 9.18 Å². The number of hydrogen-bond acceptors (Lipinski definition) is 5. The van der Waals surface area contributed by atoms with E-state index in [1.807, 2.05) is 6.92 Å². The van der Waals surface area contributed by atoms with Crippen molar-refractivity contribution in [3.8, 4) is 11.4 Å². The normalized spacial score (nSPS) is 16.5. The molecule has 2 atom stereocenters. The molecule has 3 rings (SSSR count). The summed E-state index contributed by atoms with van der Waals surface area (Å²) in [5, 5.41) is 9.93. The van der Waals surface area contributed by atoms with E-state index in [-0.39, 0.29) is 30.0 Å². The topological polar surface area (TPSA) is 80.0 Å². The van der Waals surface area contributed by atoms with Crippen LogP contribution >= 0.6 is 12.4 Å². The van der Waals surface area contributed by atoms with Crippen molar-refractivity contribution in [3.05, 3.63) is 35.5 Å². The van der Waals surface area contributed by atoms with Gasteiger partial charge in [-0.1, -0.05) is 24.2 Å². The molecule has 1 aliphatic rings. The minimum absolute atomic E-state index is 0. The number of benzene rings is 1. The van der Waals surface area contributed by atoms with Crippen LogP contribution in [0.25, 0.3) is 11.4 Å². The first-order valence-corrected chi connectivity index (χ1v) is 8.07. The van der Waals surface area contributed by atoms with Crippen molar-refractivity contribution >= 4 is 18.3 Å². The maximum Gasteiger partial charge on any atom is 0.249 e. The molecule has 25 heavy (non-hydrogen) atoms. The Kier molecular flexibility index (Phi) is 6.13. The van der Waals surface area contributed by atoms with Crippen LogP contribution in [-0.2, 0) is 4.79 Å². The second-order valence-corrected chi connectivity index (χ2v) is 6.36. The van der Waals surface area contributed by atoms with Crippen LogP contribution < -0.4 is 10.6 Å². The lowest BCUT2D eigenvalue weighted by atomic mass is 9.88. The fourth-order valence-electron chi connectivity index (χ4n) is 2.55. The third-order valence-corrected chi connectivity index (χ3v) is 4.53. The van der Waals surface area contributed by atoms with Gasteiger partial charge in [0.25, 0.3) is 0 Å². The SMILES string of the molecule is Cc1ccc(-c2noc(C(C)NC(=O)C(C)C3CNC3)n2)cc1F.Cl. The third-order valence-electron chi connectivity index (χ3n) is 4.53. The minimum atomic E-state index is -0.399. The van der Waals surface area contributed by atoms with Gasteiger partial charge >= 0.3 is 0 Å². The van der Waals surface area contributed by atoms with Crippen molar-refractivity contribution in [3.63, 3.8) is 0 Å². The predicted octanol–water partition coefficient (Wildman–Crippen LogP) is 2.64. The maximum absolute atomic E-state index is 13.7. The van der Waals surface area contributed by atoms with Gasteiger partial charge in [0, 0.05) is 11.5 Å². The number of carbonyl (C=O) groups is 1. The Bertz CT molecular complexity index is 748. The lowest BCUT2D eigenvalue weighted by Crippen LogP contribution is -2.49. The zero-order chi connectivity index (χ0) is 17.3. The molecule has 1 fully saturated rings. The molecule has 1 aromatic heterocycles. The van der Waals surface area contributed by atoms with Gasteiger partial charge in [0.2, 0.25) is 17.6 Å². The van der Waals surface area contributed by atoms with Crippen LogP contribution in [0.5, 0.6) is 0 Å². The Morgan fingerprint density at radius 2 is 2.12 bits per heavy atom. The van der Waals surface area contributed by atoms with Crippen LogP contribution in [0, 0.1) is 24.6 Å². The molecule has 0 aliphatic carbocycles. The maximum atomic E-state index is 13.7. The summed E-state index contributed by atoms with van der Waals surface area (Å²) in [4.78, 5) is 16.5. The van der Waals surface area contributed by atoms with Gasteiger partial charge in [-0.25, -0.2) is 4.39 Å². The van der Waals surface area contributed by atoms with Gasteiger partial charge in [-0.3, -0.25) is 4.79 Å². The number of aromatic nitrogens is 2. The smallest absolute Gasteiger partial charge is 0.249 e. The molecule has 1 saturated heterocycles. The molecule has 0 spiro atoms. The fourth-order valence-corrected chi connectivity index (χ4v) is 2.55. The molecule has 0 saturated carbocycles. The lowest BCUT2D eigenvalue weighted by molar-refractivity contribution is -0.127. The molecule has 6 nitrogen and oxygen atoms in total. The van der Waals surface area contributed by atoms with Crippen LogP contribution in [0.3, 0.4) is 0 Å². The molecule has 2 aromatic rings. The molecule has 0 radical (unpaired) electrons. The zero-order valence-electron chi connectivity index (χ0n) is 14.4. The summed E-state index contributed by atoms with van der Waals surface area (Å²) in [6, 6.07) is 4.38. The Morgan fingerprint density at radius 1 is 1.40 bits per heavy atom. The van der Waals surface area contributed by atoms with E-state index in [4.69, 9.17) is 4.52 Å². The quantitative estimate of drug-likeness (QED) is 0.848. The number of nitrogens with zero attached hydrogens (tertiary/aromatic N) is 2. The first kappa shape index (κ1) is 19.3. The minimum Gasteiger partial charge on any atom is -0.344 e. The summed E-state index contributed by atoms with van der Waals surface area (Å²) in [6.07, 6.45) is 0. The molecule has 2 unspecified atom stereocenters. The monoisotopic (exact) mass is 368 g/mol. The number of carbonyl (C=O) groups excluding carboxylic acids is 1. The molecular formula is C17H22ClFN4O2. The molecule has 2 heterocycles. The van der Waals surface area contributed by atoms with Crippen molar-refractivity contribution in [2.75, 3.05) is 13.1 Å². The van der Waals surface area contributed by atoms with E-state index in [2.05, 4.69) is 20.8 Å². The van der Waals surface area contributed by atoms with Crippen LogP contribution in [0.4, 0.5) is 4.39 Å². The van der Waals surface area contributed by atoms with E-state index in [1.54, 1.807) is 26.0 Å². The van der Waals surface area contributed by atoms with Gasteiger partial charge in [0.1, 0.15) is 11.9 Å². The Morgan fingerprint density at radius 3 is 2.72 bits per heavy atom. The second-order valence-electron chi connectivity index (χ2n) is 6.36. The number of rotatable bonds is 5. The standard InChI is InChI=1S/C17H21FN4O2.ClH/c1-9-4-5-12(6-14(9)18)15-21-17(24-22-15)11(3)20-16(23)10(2)13-7-19-8-13;/h4-6,10-11,13,19H,7-8H2,1-3H3,(H,20,23);1H. The van der Waals surface area contributed by atoms with Crippen molar-refractivity contribution in [2.24, 2.45) is 11.8 Å². The molecule has 1 aromatic carbocycles. The highest BCUT2D eigenvalue weighted by atomic mass is 35.5. The van der Waals surface area contributed by atoms with E-state index < -0.39 is 6.04 Å². The highest BCUT2D eigenvalue weighted by Gasteiger charge is 2.30. The van der Waals surface area contributed by atoms with Crippen LogP contribution in [0.1, 0.15) is 31.3 Å². The van der Waals surface area contributed by atoms with E-state index in [0.717, 1.165) is 13.1 Å². The highest BCUT2D eigenvalue weighted by Crippen LogP contribution is 2.22. The Labute approximate surface area is 152 Å². The van der Waals surface area contributed by atoms with Crippen LogP contribution in [-0.4, -0.2) is 29.1 Å². The third kappa shape index (κ3) is 4.16. The van der Waals surface area contributed by atoms with Crippen LogP contribution in [0.15, 0.2) is 22.7 Å². The van der Waals surface area contributed by atoms with E-state index >= 15 is 0 Å². The molecule has 1 amide bonds. The van der Waals surface area contributed by atoms with Gasteiger partial charge in [0.05, 0.1) is 0 Å². The zero-order valence-corrected chi connectivity index (χ0v) is 15.2. The van der Waals surface area contributed by atoms with Gasteiger partial charge in [-0.05, 0) is 44.5 Å². The fraction of sp³-hybridized carbons (Fsp3) is 0.471. The Balaban J connectivity index is 0.00000225. The molecule has 1 aliphatic heterocycles. The molecule has 8 heteroatoms. The number of halogens is 2. The van der Waals surface area contributed by atoms with Gasteiger partial charge in [0.15, 0.2) is 0 Å². The first-order valence-electron chi connectivity index (χ1n) is 8.07. The van der Waals surface area contributed by atoms with E-state index in [1.165, 1.54) is 6.07 Å². The molecule has 136 valence electrons. The van der Waals surface area contributed by atoms with Gasteiger partial charge in [-0.2, -0.15) is 4.98 Å². The largest absolute Gasteiger partial charge is 0.344 e. The molecule has 2 N–H and O–H groups in total. The summed E-state index contributed by atoms with van der Waals surface area (Å²) >= 11 is 0.